The lowest BCUT2D eigenvalue weighted by Gasteiger charge is -2.27. The summed E-state index contributed by atoms with van der Waals surface area (Å²) in [5.74, 6) is 0. The molecule has 0 atom stereocenters. The van der Waals surface area contributed by atoms with E-state index in [0.29, 0.717) is 0 Å². The summed E-state index contributed by atoms with van der Waals surface area (Å²) in [6.45, 7) is 0. The topological polar surface area (TPSA) is 6.48 Å². The predicted molar refractivity (Wildman–Crippen MR) is 320 cm³/mol. The number of para-hydroxylation sites is 2. The molecular weight excluding hydrogens is 941 g/mol. The van der Waals surface area contributed by atoms with E-state index in [9.17, 15) is 0 Å². The third-order valence-electron chi connectivity index (χ3n) is 14.6. The number of benzene rings is 12. The molecule has 15 rings (SSSR count). The van der Waals surface area contributed by atoms with E-state index in [1.165, 1.54) is 104 Å². The lowest BCUT2D eigenvalue weighted by atomic mass is 9.97. The summed E-state index contributed by atoms with van der Waals surface area (Å²) in [6, 6.07) is 94.3. The molecule has 3 heterocycles. The van der Waals surface area contributed by atoms with Crippen molar-refractivity contribution >= 4 is 150 Å². The zero-order chi connectivity index (χ0) is 48.0. The fourth-order valence-corrected chi connectivity index (χ4v) is 14.7. The maximum Gasteiger partial charge on any atom is 0.0540 e. The Labute approximate surface area is 434 Å². The maximum absolute atomic E-state index is 2.47. The summed E-state index contributed by atoms with van der Waals surface area (Å²) in [6.07, 6.45) is 0. The molecule has 3 aromatic heterocycles. The van der Waals surface area contributed by atoms with Gasteiger partial charge in [0.15, 0.2) is 0 Å². The summed E-state index contributed by atoms with van der Waals surface area (Å²) in [5, 5.41) is 12.5. The van der Waals surface area contributed by atoms with Gasteiger partial charge in [-0.15, -0.1) is 34.0 Å². The Bertz CT molecular complexity index is 4640. The molecule has 0 amide bonds. The van der Waals surface area contributed by atoms with E-state index in [1.807, 2.05) is 34.0 Å². The summed E-state index contributed by atoms with van der Waals surface area (Å²) < 4.78 is 7.76. The Hall–Kier alpha value is -8.58. The Kier molecular flexibility index (Phi) is 9.83. The van der Waals surface area contributed by atoms with E-state index in [1.54, 1.807) is 0 Å². The zero-order valence-electron chi connectivity index (χ0n) is 39.4. The van der Waals surface area contributed by atoms with Gasteiger partial charge in [0, 0.05) is 105 Å². The van der Waals surface area contributed by atoms with Crippen molar-refractivity contribution in [3.63, 3.8) is 0 Å². The van der Waals surface area contributed by atoms with Gasteiger partial charge >= 0.3 is 0 Å². The number of fused-ring (bicyclic) bond motifs is 11. The highest BCUT2D eigenvalue weighted by Gasteiger charge is 2.23. The summed E-state index contributed by atoms with van der Waals surface area (Å²) >= 11 is 5.67. The van der Waals surface area contributed by atoms with Crippen molar-refractivity contribution in [3.8, 4) is 22.3 Å². The number of anilines is 6. The molecule has 0 radical (unpaired) electrons. The fraction of sp³-hybridized carbons (Fsp3) is 0. The molecule has 12 aromatic carbocycles. The van der Waals surface area contributed by atoms with Crippen molar-refractivity contribution in [1.29, 1.82) is 0 Å². The highest BCUT2D eigenvalue weighted by Crippen LogP contribution is 2.50. The van der Waals surface area contributed by atoms with E-state index in [4.69, 9.17) is 0 Å². The van der Waals surface area contributed by atoms with Gasteiger partial charge in [-0.25, -0.2) is 0 Å². The molecule has 0 saturated heterocycles. The second-order valence-corrected chi connectivity index (χ2v) is 22.0. The van der Waals surface area contributed by atoms with E-state index >= 15 is 0 Å². The molecule has 5 heteroatoms. The van der Waals surface area contributed by atoms with Crippen LogP contribution in [0.3, 0.4) is 0 Å². The number of hydrogen-bond donors (Lipinski definition) is 0. The summed E-state index contributed by atoms with van der Waals surface area (Å²) in [4.78, 5) is 4.87. The number of thiophene rings is 3. The van der Waals surface area contributed by atoms with E-state index in [-0.39, 0.29) is 0 Å². The average molecular weight is 983 g/mol. The third kappa shape index (κ3) is 7.03. The van der Waals surface area contributed by atoms with Crippen LogP contribution in [0.25, 0.3) is 104 Å². The van der Waals surface area contributed by atoms with Crippen LogP contribution in [0.5, 0.6) is 0 Å². The van der Waals surface area contributed by atoms with Gasteiger partial charge in [-0.3, -0.25) is 0 Å². The lowest BCUT2D eigenvalue weighted by Crippen LogP contribution is -2.10. The Morgan fingerprint density at radius 2 is 0.712 bits per heavy atom. The Morgan fingerprint density at radius 3 is 1.33 bits per heavy atom. The normalized spacial score (nSPS) is 11.8. The molecule has 0 unspecified atom stereocenters. The van der Waals surface area contributed by atoms with Gasteiger partial charge < -0.3 is 9.80 Å². The van der Waals surface area contributed by atoms with Gasteiger partial charge in [-0.2, -0.15) is 0 Å². The summed E-state index contributed by atoms with van der Waals surface area (Å²) in [5.41, 5.74) is 11.7. The first kappa shape index (κ1) is 42.1. The molecule has 0 N–H and O–H groups in total. The lowest BCUT2D eigenvalue weighted by molar-refractivity contribution is 1.30. The van der Waals surface area contributed by atoms with Gasteiger partial charge in [0.25, 0.3) is 0 Å². The first-order valence-corrected chi connectivity index (χ1v) is 27.2. The first-order chi connectivity index (χ1) is 36.2. The molecule has 0 fully saturated rings. The average Bonchev–Trinajstić information content (AvgIpc) is 4.15. The van der Waals surface area contributed by atoms with Crippen LogP contribution in [0.1, 0.15) is 0 Å². The van der Waals surface area contributed by atoms with Gasteiger partial charge in [0.2, 0.25) is 0 Å². The number of rotatable bonds is 8. The highest BCUT2D eigenvalue weighted by molar-refractivity contribution is 7.27. The molecule has 0 aliphatic heterocycles. The molecule has 2 nitrogen and oxygen atoms in total. The first-order valence-electron chi connectivity index (χ1n) is 24.7. The minimum absolute atomic E-state index is 1.12. The maximum atomic E-state index is 2.47. The van der Waals surface area contributed by atoms with Crippen LogP contribution in [0.15, 0.2) is 255 Å². The molecular formula is C68H42N2S3. The van der Waals surface area contributed by atoms with E-state index in [0.717, 1.165) is 34.1 Å². The van der Waals surface area contributed by atoms with Gasteiger partial charge in [-0.1, -0.05) is 152 Å². The standard InChI is InChI=1S/C68H42N2S3/c1-3-20-48(21-4-1)69(50-33-30-43-16-7-8-18-45(43)36-50)51-39-56(67-60(41-51)54-25-11-13-28-63(54)72-67)46-31-34-65-58(37-46)59-38-47(32-35-66(59)71-65)57-40-52(42-61-55-26-12-14-29-64(55)73-68(57)61)70(49-22-5-2-6-23-49)62-27-15-19-44-17-9-10-24-53(44)62/h1-42H. The van der Waals surface area contributed by atoms with Crippen LogP contribution < -0.4 is 9.80 Å². The molecule has 15 aromatic rings. The van der Waals surface area contributed by atoms with Crippen molar-refractivity contribution in [3.05, 3.63) is 255 Å². The zero-order valence-corrected chi connectivity index (χ0v) is 41.8. The quantitative estimate of drug-likeness (QED) is 0.150. The molecule has 342 valence electrons. The van der Waals surface area contributed by atoms with Gasteiger partial charge in [0.05, 0.1) is 5.69 Å². The van der Waals surface area contributed by atoms with Crippen LogP contribution in [0.4, 0.5) is 34.1 Å². The molecule has 0 aliphatic carbocycles. The van der Waals surface area contributed by atoms with Crippen LogP contribution in [0.2, 0.25) is 0 Å². The second-order valence-electron chi connectivity index (χ2n) is 18.8. The molecule has 0 aliphatic rings. The Morgan fingerprint density at radius 1 is 0.233 bits per heavy atom. The van der Waals surface area contributed by atoms with Crippen LogP contribution in [0, 0.1) is 0 Å². The monoisotopic (exact) mass is 982 g/mol. The highest BCUT2D eigenvalue weighted by atomic mass is 32.1. The second kappa shape index (κ2) is 17.0. The SMILES string of the molecule is c1ccc(N(c2ccc3ccccc3c2)c2cc(-c3ccc4sc5ccc(-c6cc(N(c7ccccc7)c7cccc8ccccc78)cc7c6sc6ccccc67)cc5c4c3)c3sc4ccccc4c3c2)cc1. The van der Waals surface area contributed by atoms with Crippen molar-refractivity contribution in [2.45, 2.75) is 0 Å². The minimum Gasteiger partial charge on any atom is -0.310 e. The van der Waals surface area contributed by atoms with Crippen molar-refractivity contribution in [1.82, 2.24) is 0 Å². The van der Waals surface area contributed by atoms with Crippen molar-refractivity contribution in [2.24, 2.45) is 0 Å². The van der Waals surface area contributed by atoms with E-state index in [2.05, 4.69) is 265 Å². The van der Waals surface area contributed by atoms with Crippen LogP contribution in [-0.4, -0.2) is 0 Å². The molecule has 73 heavy (non-hydrogen) atoms. The molecule has 0 spiro atoms. The van der Waals surface area contributed by atoms with Crippen LogP contribution in [-0.2, 0) is 0 Å². The fourth-order valence-electron chi connectivity index (χ4n) is 11.2. The van der Waals surface area contributed by atoms with E-state index < -0.39 is 0 Å². The number of nitrogens with zero attached hydrogens (tertiary/aromatic N) is 2. The summed E-state index contributed by atoms with van der Waals surface area (Å²) in [7, 11) is 0. The van der Waals surface area contributed by atoms with Gasteiger partial charge in [0.1, 0.15) is 0 Å². The molecule has 0 bridgehead atoms. The number of hydrogen-bond acceptors (Lipinski definition) is 5. The Balaban J connectivity index is 0.937. The third-order valence-corrected chi connectivity index (χ3v) is 18.2. The predicted octanol–water partition coefficient (Wildman–Crippen LogP) is 21.4. The smallest absolute Gasteiger partial charge is 0.0540 e. The molecule has 0 saturated carbocycles. The largest absolute Gasteiger partial charge is 0.310 e. The van der Waals surface area contributed by atoms with Crippen LogP contribution >= 0.6 is 34.0 Å². The van der Waals surface area contributed by atoms with Crippen molar-refractivity contribution < 1.29 is 0 Å². The minimum atomic E-state index is 1.12. The van der Waals surface area contributed by atoms with Gasteiger partial charge in [-0.05, 0) is 130 Å². The van der Waals surface area contributed by atoms with Crippen molar-refractivity contribution in [2.75, 3.05) is 9.80 Å².